The van der Waals surface area contributed by atoms with Gasteiger partial charge in [-0.1, -0.05) is 6.08 Å². The number of hydrogen-bond donors (Lipinski definition) is 1. The van der Waals surface area contributed by atoms with Crippen LogP contribution < -0.4 is 0 Å². The normalized spacial score (nSPS) is 16.2. The molecule has 1 aliphatic heterocycles. The molecule has 1 fully saturated rings. The molecule has 0 bridgehead atoms. The Balaban J connectivity index is 1.79. The summed E-state index contributed by atoms with van der Waals surface area (Å²) in [6.07, 6.45) is 6.98. The van der Waals surface area contributed by atoms with Gasteiger partial charge in [0.1, 0.15) is 11.5 Å². The Hall–Kier alpha value is -2.02. The molecular formula is C19H25NO5S. The van der Waals surface area contributed by atoms with Crippen molar-refractivity contribution in [3.63, 3.8) is 0 Å². The fourth-order valence-corrected chi connectivity index (χ4v) is 3.69. The maximum absolute atomic E-state index is 12.2. The highest BCUT2D eigenvalue weighted by molar-refractivity contribution is 7.99. The summed E-state index contributed by atoms with van der Waals surface area (Å²) in [7, 11) is 0. The highest BCUT2D eigenvalue weighted by Crippen LogP contribution is 2.23. The first kappa shape index (κ1) is 20.3. The smallest absolute Gasteiger partial charge is 0.303 e. The molecule has 2 rings (SSSR count). The summed E-state index contributed by atoms with van der Waals surface area (Å²) in [5.74, 6) is 1.59. The average molecular weight is 379 g/mol. The van der Waals surface area contributed by atoms with Crippen LogP contribution in [0.4, 0.5) is 0 Å². The minimum atomic E-state index is -0.777. The molecule has 142 valence electrons. The highest BCUT2D eigenvalue weighted by Gasteiger charge is 2.22. The van der Waals surface area contributed by atoms with Crippen LogP contribution in [0, 0.1) is 0 Å². The lowest BCUT2D eigenvalue weighted by Gasteiger charge is -2.29. The quantitative estimate of drug-likeness (QED) is 0.594. The fourth-order valence-electron chi connectivity index (χ4n) is 2.83. The number of nitrogens with zero attached hydrogens (tertiary/aromatic N) is 1. The van der Waals surface area contributed by atoms with Crippen molar-refractivity contribution in [1.29, 1.82) is 0 Å². The second kappa shape index (κ2) is 10.9. The van der Waals surface area contributed by atoms with E-state index in [0.29, 0.717) is 31.6 Å². The predicted molar refractivity (Wildman–Crippen MR) is 99.9 cm³/mol. The Morgan fingerprint density at radius 1 is 1.31 bits per heavy atom. The van der Waals surface area contributed by atoms with Crippen LogP contribution in [0.15, 0.2) is 34.6 Å². The third-order valence-corrected chi connectivity index (χ3v) is 5.18. The van der Waals surface area contributed by atoms with Gasteiger partial charge < -0.3 is 14.4 Å². The number of rotatable bonds is 11. The Bertz CT molecular complexity index is 638. The molecule has 0 unspecified atom stereocenters. The van der Waals surface area contributed by atoms with Crippen LogP contribution >= 0.6 is 11.8 Å². The summed E-state index contributed by atoms with van der Waals surface area (Å²) in [5, 5.41) is 8.62. The first-order valence-corrected chi connectivity index (χ1v) is 10.0. The average Bonchev–Trinajstić information content (AvgIpc) is 3.10. The summed E-state index contributed by atoms with van der Waals surface area (Å²) in [4.78, 5) is 36.6. The lowest BCUT2D eigenvalue weighted by atomic mass is 10.0. The van der Waals surface area contributed by atoms with Gasteiger partial charge in [-0.2, -0.15) is 11.8 Å². The van der Waals surface area contributed by atoms with E-state index >= 15 is 0 Å². The van der Waals surface area contributed by atoms with Gasteiger partial charge in [-0.25, -0.2) is 0 Å². The van der Waals surface area contributed by atoms with E-state index < -0.39 is 5.97 Å². The molecule has 0 aromatic carbocycles. The molecule has 0 atom stereocenters. The van der Waals surface area contributed by atoms with Crippen molar-refractivity contribution in [2.45, 2.75) is 44.9 Å². The number of furan rings is 1. The van der Waals surface area contributed by atoms with Crippen LogP contribution in [0.1, 0.15) is 44.3 Å². The summed E-state index contributed by atoms with van der Waals surface area (Å²) in [6.45, 7) is 0.606. The van der Waals surface area contributed by atoms with Crippen molar-refractivity contribution < 1.29 is 23.9 Å². The van der Waals surface area contributed by atoms with E-state index in [9.17, 15) is 14.4 Å². The number of thioether (sulfide) groups is 1. The largest absolute Gasteiger partial charge is 0.481 e. The molecule has 1 amide bonds. The number of carbonyl (C=O) groups excluding carboxylic acids is 2. The standard InChI is InChI=1S/C19H25NO5S/c21-16(14-17-5-2-11-25-17)9-8-15-4-1-6-18(22)20(15)10-13-26-12-3-7-19(23)24/h2,5,8,11H,1,3-4,6-7,9-10,12-14H2,(H,23,24). The number of Topliss-reactive ketones (excluding diaryl/α,β-unsaturated/α-hetero) is 1. The van der Waals surface area contributed by atoms with Gasteiger partial charge in [0.2, 0.25) is 5.91 Å². The number of likely N-dealkylation sites (tertiary alicyclic amines) is 1. The zero-order valence-electron chi connectivity index (χ0n) is 14.8. The lowest BCUT2D eigenvalue weighted by Crippen LogP contribution is -2.35. The summed E-state index contributed by atoms with van der Waals surface area (Å²) in [6, 6.07) is 3.54. The second-order valence-electron chi connectivity index (χ2n) is 6.20. The molecule has 2 heterocycles. The van der Waals surface area contributed by atoms with Gasteiger partial charge >= 0.3 is 5.97 Å². The molecule has 26 heavy (non-hydrogen) atoms. The number of hydrogen-bond acceptors (Lipinski definition) is 5. The van der Waals surface area contributed by atoms with Crippen LogP contribution in [-0.4, -0.2) is 45.7 Å². The van der Waals surface area contributed by atoms with E-state index in [1.54, 1.807) is 35.1 Å². The van der Waals surface area contributed by atoms with Crippen LogP contribution in [0.3, 0.4) is 0 Å². The number of carboxylic acid groups (broad SMARTS) is 1. The number of amides is 1. The van der Waals surface area contributed by atoms with Crippen molar-refractivity contribution in [2.75, 3.05) is 18.1 Å². The zero-order chi connectivity index (χ0) is 18.8. The molecule has 0 aliphatic carbocycles. The molecule has 1 N–H and O–H groups in total. The monoisotopic (exact) mass is 379 g/mol. The molecule has 0 saturated carbocycles. The third kappa shape index (κ3) is 7.07. The van der Waals surface area contributed by atoms with Gasteiger partial charge in [0, 0.05) is 37.3 Å². The number of piperidine rings is 1. The van der Waals surface area contributed by atoms with E-state index in [4.69, 9.17) is 9.52 Å². The van der Waals surface area contributed by atoms with E-state index in [1.807, 2.05) is 6.08 Å². The van der Waals surface area contributed by atoms with Crippen molar-refractivity contribution >= 4 is 29.4 Å². The molecule has 0 radical (unpaired) electrons. The molecule has 1 aromatic rings. The lowest BCUT2D eigenvalue weighted by molar-refractivity contribution is -0.137. The number of carbonyl (C=O) groups is 3. The summed E-state index contributed by atoms with van der Waals surface area (Å²) >= 11 is 1.66. The van der Waals surface area contributed by atoms with Gasteiger partial charge in [-0.3, -0.25) is 14.4 Å². The maximum atomic E-state index is 12.2. The molecule has 6 nitrogen and oxygen atoms in total. The molecule has 7 heteroatoms. The predicted octanol–water partition coefficient (Wildman–Crippen LogP) is 3.28. The molecular weight excluding hydrogens is 354 g/mol. The van der Waals surface area contributed by atoms with Crippen LogP contribution in [-0.2, 0) is 20.8 Å². The maximum Gasteiger partial charge on any atom is 0.303 e. The van der Waals surface area contributed by atoms with Crippen molar-refractivity contribution in [3.8, 4) is 0 Å². The topological polar surface area (TPSA) is 87.8 Å². The first-order valence-electron chi connectivity index (χ1n) is 8.89. The summed E-state index contributed by atoms with van der Waals surface area (Å²) < 4.78 is 5.19. The number of ketones is 1. The van der Waals surface area contributed by atoms with E-state index in [0.717, 1.165) is 30.0 Å². The van der Waals surface area contributed by atoms with Crippen LogP contribution in [0.25, 0.3) is 0 Å². The van der Waals surface area contributed by atoms with Gasteiger partial charge in [0.25, 0.3) is 0 Å². The summed E-state index contributed by atoms with van der Waals surface area (Å²) in [5.41, 5.74) is 0.931. The Kier molecular flexibility index (Phi) is 8.47. The third-order valence-electron chi connectivity index (χ3n) is 4.13. The number of allylic oxidation sites excluding steroid dienone is 2. The molecule has 1 aliphatic rings. The Morgan fingerprint density at radius 2 is 2.15 bits per heavy atom. The van der Waals surface area contributed by atoms with E-state index in [-0.39, 0.29) is 24.5 Å². The fraction of sp³-hybridized carbons (Fsp3) is 0.526. The highest BCUT2D eigenvalue weighted by atomic mass is 32.2. The van der Waals surface area contributed by atoms with Gasteiger partial charge in [-0.15, -0.1) is 0 Å². The number of carboxylic acids is 1. The van der Waals surface area contributed by atoms with Crippen molar-refractivity contribution in [1.82, 2.24) is 4.90 Å². The van der Waals surface area contributed by atoms with Crippen LogP contribution in [0.5, 0.6) is 0 Å². The Morgan fingerprint density at radius 3 is 2.88 bits per heavy atom. The van der Waals surface area contributed by atoms with E-state index in [1.165, 1.54) is 0 Å². The molecule has 1 aromatic heterocycles. The van der Waals surface area contributed by atoms with Gasteiger partial charge in [-0.05, 0) is 37.1 Å². The Labute approximate surface area is 157 Å². The van der Waals surface area contributed by atoms with Crippen LogP contribution in [0.2, 0.25) is 0 Å². The minimum absolute atomic E-state index is 0.0634. The molecule has 1 saturated heterocycles. The first-order chi connectivity index (χ1) is 12.6. The zero-order valence-corrected chi connectivity index (χ0v) is 15.6. The van der Waals surface area contributed by atoms with Crippen molar-refractivity contribution in [3.05, 3.63) is 35.9 Å². The SMILES string of the molecule is O=C(O)CCCSCCN1C(=O)CCCC1=CCC(=O)Cc1ccco1. The van der Waals surface area contributed by atoms with E-state index in [2.05, 4.69) is 0 Å². The second-order valence-corrected chi connectivity index (χ2v) is 7.43. The minimum Gasteiger partial charge on any atom is -0.481 e. The van der Waals surface area contributed by atoms with Gasteiger partial charge in [0.15, 0.2) is 0 Å². The van der Waals surface area contributed by atoms with Gasteiger partial charge in [0.05, 0.1) is 12.7 Å². The molecule has 0 spiro atoms. The number of aliphatic carboxylic acids is 1. The van der Waals surface area contributed by atoms with Crippen molar-refractivity contribution in [2.24, 2.45) is 0 Å².